The second kappa shape index (κ2) is 6.32. The predicted molar refractivity (Wildman–Crippen MR) is 94.3 cm³/mol. The average Bonchev–Trinajstić information content (AvgIpc) is 3.08. The molecule has 5 nitrogen and oxygen atoms in total. The first kappa shape index (κ1) is 15.3. The minimum atomic E-state index is -0.0741. The summed E-state index contributed by atoms with van der Waals surface area (Å²) in [4.78, 5) is 15.4. The Kier molecular flexibility index (Phi) is 4.02. The molecule has 1 fully saturated rings. The van der Waals surface area contributed by atoms with Gasteiger partial charge in [0, 0.05) is 30.9 Å². The molecular weight excluding hydrogens is 324 g/mol. The highest BCUT2D eigenvalue weighted by atomic mass is 35.5. The molecular formula is C18H19ClN4O. The molecule has 0 radical (unpaired) electrons. The lowest BCUT2D eigenvalue weighted by Crippen LogP contribution is -2.25. The number of hydrogen-bond donors (Lipinski definition) is 2. The van der Waals surface area contributed by atoms with Crippen LogP contribution in [-0.2, 0) is 13.0 Å². The molecule has 0 unspecified atom stereocenters. The second-order valence-electron chi connectivity index (χ2n) is 6.38. The SMILES string of the molecule is O=C(NCCc1c[nH]c2c(Cl)cccc12)c1cnn(CC2CC2)c1. The number of H-pyrrole nitrogens is 1. The van der Waals surface area contributed by atoms with E-state index in [1.807, 2.05) is 35.3 Å². The lowest BCUT2D eigenvalue weighted by molar-refractivity contribution is 0.0954. The summed E-state index contributed by atoms with van der Waals surface area (Å²) in [5.41, 5.74) is 2.72. The van der Waals surface area contributed by atoms with Gasteiger partial charge in [-0.15, -0.1) is 0 Å². The van der Waals surface area contributed by atoms with Crippen LogP contribution in [0.1, 0.15) is 28.8 Å². The Hall–Kier alpha value is -2.27. The van der Waals surface area contributed by atoms with Crippen LogP contribution < -0.4 is 5.32 Å². The molecule has 2 N–H and O–H groups in total. The van der Waals surface area contributed by atoms with Crippen molar-refractivity contribution in [3.63, 3.8) is 0 Å². The quantitative estimate of drug-likeness (QED) is 0.721. The molecule has 0 aliphatic heterocycles. The monoisotopic (exact) mass is 342 g/mol. The third-order valence-corrected chi connectivity index (χ3v) is 4.78. The first-order valence-electron chi connectivity index (χ1n) is 8.26. The van der Waals surface area contributed by atoms with Crippen LogP contribution in [0.15, 0.2) is 36.8 Å². The number of carbonyl (C=O) groups is 1. The molecule has 6 heteroatoms. The van der Waals surface area contributed by atoms with Crippen LogP contribution in [0.4, 0.5) is 0 Å². The van der Waals surface area contributed by atoms with E-state index in [1.165, 1.54) is 12.8 Å². The molecule has 1 aliphatic rings. The van der Waals surface area contributed by atoms with Crippen molar-refractivity contribution in [2.24, 2.45) is 5.92 Å². The van der Waals surface area contributed by atoms with Gasteiger partial charge in [0.25, 0.3) is 5.91 Å². The maximum atomic E-state index is 12.2. The van der Waals surface area contributed by atoms with E-state index < -0.39 is 0 Å². The summed E-state index contributed by atoms with van der Waals surface area (Å²) in [6, 6.07) is 5.84. The second-order valence-corrected chi connectivity index (χ2v) is 6.78. The van der Waals surface area contributed by atoms with Gasteiger partial charge in [0.05, 0.1) is 22.3 Å². The highest BCUT2D eigenvalue weighted by Gasteiger charge is 2.22. The van der Waals surface area contributed by atoms with E-state index in [0.29, 0.717) is 17.1 Å². The number of nitrogens with zero attached hydrogens (tertiary/aromatic N) is 2. The van der Waals surface area contributed by atoms with Crippen molar-refractivity contribution >= 4 is 28.4 Å². The number of rotatable bonds is 6. The van der Waals surface area contributed by atoms with Crippen molar-refractivity contribution < 1.29 is 4.79 Å². The number of carbonyl (C=O) groups excluding carboxylic acids is 1. The van der Waals surface area contributed by atoms with Gasteiger partial charge >= 0.3 is 0 Å². The standard InChI is InChI=1S/C18H19ClN4O/c19-16-3-1-2-15-13(8-21-17(15)16)6-7-20-18(24)14-9-22-23(11-14)10-12-4-5-12/h1-3,8-9,11-12,21H,4-7,10H2,(H,20,24). The van der Waals surface area contributed by atoms with E-state index in [-0.39, 0.29) is 5.91 Å². The summed E-state index contributed by atoms with van der Waals surface area (Å²) in [5, 5.41) is 9.04. The number of para-hydroxylation sites is 1. The molecule has 4 rings (SSSR count). The number of amides is 1. The number of benzene rings is 1. The van der Waals surface area contributed by atoms with Crippen molar-refractivity contribution in [2.45, 2.75) is 25.8 Å². The molecule has 124 valence electrons. The molecule has 1 aromatic carbocycles. The van der Waals surface area contributed by atoms with Gasteiger partial charge in [0.1, 0.15) is 0 Å². The average molecular weight is 343 g/mol. The largest absolute Gasteiger partial charge is 0.360 e. The zero-order valence-corrected chi connectivity index (χ0v) is 14.0. The lowest BCUT2D eigenvalue weighted by Gasteiger charge is -2.03. The third kappa shape index (κ3) is 3.17. The van der Waals surface area contributed by atoms with E-state index in [4.69, 9.17) is 11.6 Å². The van der Waals surface area contributed by atoms with E-state index in [9.17, 15) is 4.79 Å². The lowest BCUT2D eigenvalue weighted by atomic mass is 10.1. The van der Waals surface area contributed by atoms with Crippen LogP contribution in [-0.4, -0.2) is 27.2 Å². The van der Waals surface area contributed by atoms with E-state index >= 15 is 0 Å². The smallest absolute Gasteiger partial charge is 0.254 e. The van der Waals surface area contributed by atoms with Crippen molar-refractivity contribution in [2.75, 3.05) is 6.54 Å². The first-order valence-corrected chi connectivity index (χ1v) is 8.63. The number of nitrogens with one attached hydrogen (secondary N) is 2. The minimum absolute atomic E-state index is 0.0741. The fourth-order valence-corrected chi connectivity index (χ4v) is 3.17. The van der Waals surface area contributed by atoms with Crippen molar-refractivity contribution in [1.82, 2.24) is 20.1 Å². The van der Waals surface area contributed by atoms with Crippen LogP contribution in [0.3, 0.4) is 0 Å². The van der Waals surface area contributed by atoms with Crippen molar-refractivity contribution in [1.29, 1.82) is 0 Å². The van der Waals surface area contributed by atoms with Crippen molar-refractivity contribution in [3.8, 4) is 0 Å². The molecule has 1 aliphatic carbocycles. The molecule has 24 heavy (non-hydrogen) atoms. The molecule has 2 heterocycles. The third-order valence-electron chi connectivity index (χ3n) is 4.47. The molecule has 0 bridgehead atoms. The van der Waals surface area contributed by atoms with Gasteiger partial charge in [-0.3, -0.25) is 9.48 Å². The zero-order chi connectivity index (χ0) is 16.5. The Morgan fingerprint density at radius 3 is 3.12 bits per heavy atom. The number of hydrogen-bond acceptors (Lipinski definition) is 2. The highest BCUT2D eigenvalue weighted by Crippen LogP contribution is 2.30. The van der Waals surface area contributed by atoms with Gasteiger partial charge in [-0.2, -0.15) is 5.10 Å². The van der Waals surface area contributed by atoms with E-state index in [1.54, 1.807) is 6.20 Å². The summed E-state index contributed by atoms with van der Waals surface area (Å²) in [6.45, 7) is 1.50. The molecule has 3 aromatic rings. The molecule has 0 atom stereocenters. The fourth-order valence-electron chi connectivity index (χ4n) is 2.94. The van der Waals surface area contributed by atoms with E-state index in [0.717, 1.165) is 35.3 Å². The Balaban J connectivity index is 1.35. The van der Waals surface area contributed by atoms with Crippen molar-refractivity contribution in [3.05, 3.63) is 52.9 Å². The van der Waals surface area contributed by atoms with Gasteiger partial charge in [-0.25, -0.2) is 0 Å². The Bertz CT molecular complexity index is 878. The zero-order valence-electron chi connectivity index (χ0n) is 13.3. The maximum absolute atomic E-state index is 12.2. The van der Waals surface area contributed by atoms with Gasteiger partial charge in [-0.05, 0) is 36.8 Å². The Labute approximate surface area is 145 Å². The maximum Gasteiger partial charge on any atom is 0.254 e. The van der Waals surface area contributed by atoms with Gasteiger partial charge in [0.15, 0.2) is 0 Å². The van der Waals surface area contributed by atoms with Crippen LogP contribution in [0.2, 0.25) is 5.02 Å². The topological polar surface area (TPSA) is 62.7 Å². The number of aromatic amines is 1. The van der Waals surface area contributed by atoms with Crippen LogP contribution in [0, 0.1) is 5.92 Å². The van der Waals surface area contributed by atoms with Gasteiger partial charge in [-0.1, -0.05) is 23.7 Å². The molecule has 1 amide bonds. The first-order chi connectivity index (χ1) is 11.7. The van der Waals surface area contributed by atoms with Crippen LogP contribution in [0.25, 0.3) is 10.9 Å². The minimum Gasteiger partial charge on any atom is -0.360 e. The summed E-state index contributed by atoms with van der Waals surface area (Å²) < 4.78 is 1.87. The summed E-state index contributed by atoms with van der Waals surface area (Å²) in [7, 11) is 0. The Morgan fingerprint density at radius 2 is 2.29 bits per heavy atom. The van der Waals surface area contributed by atoms with Gasteiger partial charge in [0.2, 0.25) is 0 Å². The summed E-state index contributed by atoms with van der Waals surface area (Å²) in [5.74, 6) is 0.671. The summed E-state index contributed by atoms with van der Waals surface area (Å²) in [6.07, 6.45) is 8.73. The number of fused-ring (bicyclic) bond motifs is 1. The fraction of sp³-hybridized carbons (Fsp3) is 0.333. The normalized spacial score (nSPS) is 14.2. The molecule has 0 spiro atoms. The molecule has 1 saturated carbocycles. The van der Waals surface area contributed by atoms with Crippen LogP contribution >= 0.6 is 11.6 Å². The van der Waals surface area contributed by atoms with E-state index in [2.05, 4.69) is 15.4 Å². The molecule has 0 saturated heterocycles. The number of aromatic nitrogens is 3. The highest BCUT2D eigenvalue weighted by molar-refractivity contribution is 6.35. The predicted octanol–water partition coefficient (Wildman–Crippen LogP) is 3.40. The summed E-state index contributed by atoms with van der Waals surface area (Å²) >= 11 is 6.17. The van der Waals surface area contributed by atoms with Crippen LogP contribution in [0.5, 0.6) is 0 Å². The van der Waals surface area contributed by atoms with Gasteiger partial charge < -0.3 is 10.3 Å². The number of halogens is 1. The molecule has 2 aromatic heterocycles. The Morgan fingerprint density at radius 1 is 1.42 bits per heavy atom.